The first kappa shape index (κ1) is 14.6. The first-order chi connectivity index (χ1) is 10.2. The summed E-state index contributed by atoms with van der Waals surface area (Å²) in [6, 6.07) is 8.06. The van der Waals surface area contributed by atoms with Crippen molar-refractivity contribution in [3.8, 4) is 11.5 Å². The molecule has 0 saturated carbocycles. The maximum Gasteiger partial charge on any atom is 0.122 e. The Morgan fingerprint density at radius 3 is 2.71 bits per heavy atom. The Hall–Kier alpha value is -1.30. The van der Waals surface area contributed by atoms with Gasteiger partial charge in [-0.15, -0.1) is 0 Å². The minimum Gasteiger partial charge on any atom is -0.497 e. The van der Waals surface area contributed by atoms with Gasteiger partial charge in [-0.05, 0) is 25.0 Å². The van der Waals surface area contributed by atoms with Gasteiger partial charge in [-0.3, -0.25) is 0 Å². The van der Waals surface area contributed by atoms with Crippen molar-refractivity contribution in [2.24, 2.45) is 0 Å². The molecule has 1 aromatic rings. The van der Waals surface area contributed by atoms with Gasteiger partial charge in [0.05, 0.1) is 32.5 Å². The lowest BCUT2D eigenvalue weighted by atomic mass is 9.81. The van der Waals surface area contributed by atoms with Crippen molar-refractivity contribution in [3.05, 3.63) is 24.3 Å². The average Bonchev–Trinajstić information content (AvgIpc) is 2.47. The van der Waals surface area contributed by atoms with Crippen LogP contribution in [0.3, 0.4) is 0 Å². The summed E-state index contributed by atoms with van der Waals surface area (Å²) in [5.41, 5.74) is -0.650. The molecule has 0 aromatic heterocycles. The average molecular weight is 293 g/mol. The molecule has 2 saturated heterocycles. The number of fused-ring (bicyclic) bond motifs is 2. The third-order valence-electron chi connectivity index (χ3n) is 4.24. The standard InChI is InChI=1S/C16H23NO4/c1-19-14-3-2-4-15(7-14)21-6-5-16(18)8-12-10-20-11-13(9-16)17-12/h2-4,7,12-13,17-18H,5-6,8-11H2,1H3. The van der Waals surface area contributed by atoms with E-state index in [4.69, 9.17) is 14.2 Å². The molecule has 2 aliphatic heterocycles. The van der Waals surface area contributed by atoms with E-state index in [2.05, 4.69) is 5.32 Å². The number of benzene rings is 1. The molecule has 2 aliphatic rings. The first-order valence-electron chi connectivity index (χ1n) is 7.50. The van der Waals surface area contributed by atoms with E-state index in [0.717, 1.165) is 24.3 Å². The van der Waals surface area contributed by atoms with Crippen molar-refractivity contribution >= 4 is 0 Å². The zero-order valence-corrected chi connectivity index (χ0v) is 12.4. The van der Waals surface area contributed by atoms with Crippen molar-refractivity contribution in [3.63, 3.8) is 0 Å². The van der Waals surface area contributed by atoms with Gasteiger partial charge in [0.2, 0.25) is 0 Å². The second-order valence-corrected chi connectivity index (χ2v) is 6.01. The van der Waals surface area contributed by atoms with E-state index < -0.39 is 5.60 Å². The monoisotopic (exact) mass is 293 g/mol. The van der Waals surface area contributed by atoms with Crippen molar-refractivity contribution < 1.29 is 19.3 Å². The van der Waals surface area contributed by atoms with Gasteiger partial charge >= 0.3 is 0 Å². The maximum atomic E-state index is 10.8. The van der Waals surface area contributed by atoms with Gasteiger partial charge in [0.25, 0.3) is 0 Å². The van der Waals surface area contributed by atoms with Crippen LogP contribution in [-0.2, 0) is 4.74 Å². The summed E-state index contributed by atoms with van der Waals surface area (Å²) < 4.78 is 16.4. The highest BCUT2D eigenvalue weighted by molar-refractivity contribution is 5.32. The van der Waals surface area contributed by atoms with Gasteiger partial charge < -0.3 is 24.6 Å². The van der Waals surface area contributed by atoms with Crippen LogP contribution in [0.25, 0.3) is 0 Å². The van der Waals surface area contributed by atoms with Crippen molar-refractivity contribution in [1.29, 1.82) is 0 Å². The Kier molecular flexibility index (Phi) is 4.33. The lowest BCUT2D eigenvalue weighted by molar-refractivity contribution is -0.0839. The fourth-order valence-corrected chi connectivity index (χ4v) is 3.27. The van der Waals surface area contributed by atoms with Gasteiger partial charge in [0.15, 0.2) is 0 Å². The van der Waals surface area contributed by atoms with Crippen LogP contribution in [0.1, 0.15) is 19.3 Å². The molecule has 21 heavy (non-hydrogen) atoms. The Morgan fingerprint density at radius 1 is 1.29 bits per heavy atom. The largest absolute Gasteiger partial charge is 0.497 e. The molecule has 0 aliphatic carbocycles. The number of nitrogens with one attached hydrogen (secondary N) is 1. The number of rotatable bonds is 5. The molecule has 2 heterocycles. The van der Waals surface area contributed by atoms with Crippen LogP contribution in [0.15, 0.2) is 24.3 Å². The predicted octanol–water partition coefficient (Wildman–Crippen LogP) is 1.35. The fourth-order valence-electron chi connectivity index (χ4n) is 3.27. The molecule has 5 nitrogen and oxygen atoms in total. The third-order valence-corrected chi connectivity index (χ3v) is 4.24. The lowest BCUT2D eigenvalue weighted by Gasteiger charge is -2.45. The summed E-state index contributed by atoms with van der Waals surface area (Å²) in [6.45, 7) is 1.88. The van der Waals surface area contributed by atoms with Gasteiger partial charge in [-0.1, -0.05) is 6.07 Å². The quantitative estimate of drug-likeness (QED) is 0.858. The van der Waals surface area contributed by atoms with E-state index in [1.165, 1.54) is 0 Å². The Morgan fingerprint density at radius 2 is 2.00 bits per heavy atom. The van der Waals surface area contributed by atoms with E-state index in [1.54, 1.807) is 7.11 Å². The number of piperidine rings is 1. The van der Waals surface area contributed by atoms with Crippen LogP contribution in [0, 0.1) is 0 Å². The molecule has 0 amide bonds. The van der Waals surface area contributed by atoms with Gasteiger partial charge in [-0.25, -0.2) is 0 Å². The maximum absolute atomic E-state index is 10.8. The van der Waals surface area contributed by atoms with Crippen molar-refractivity contribution in [1.82, 2.24) is 5.32 Å². The molecule has 5 heteroatoms. The molecular weight excluding hydrogens is 270 g/mol. The van der Waals surface area contributed by atoms with Crippen molar-refractivity contribution in [2.75, 3.05) is 26.9 Å². The summed E-state index contributed by atoms with van der Waals surface area (Å²) >= 11 is 0. The highest BCUT2D eigenvalue weighted by Crippen LogP contribution is 2.31. The summed E-state index contributed by atoms with van der Waals surface area (Å²) in [7, 11) is 1.64. The highest BCUT2D eigenvalue weighted by atomic mass is 16.5. The third kappa shape index (κ3) is 3.67. The molecule has 3 rings (SSSR count). The molecule has 2 unspecified atom stereocenters. The second kappa shape index (κ2) is 6.22. The van der Waals surface area contributed by atoms with Crippen LogP contribution >= 0.6 is 0 Å². The second-order valence-electron chi connectivity index (χ2n) is 6.01. The van der Waals surface area contributed by atoms with Crippen LogP contribution in [0.5, 0.6) is 11.5 Å². The summed E-state index contributed by atoms with van der Waals surface area (Å²) in [5.74, 6) is 1.55. The van der Waals surface area contributed by atoms with E-state index in [-0.39, 0.29) is 12.1 Å². The molecule has 1 aromatic carbocycles. The zero-order chi connectivity index (χ0) is 14.7. The Bertz CT molecular complexity index is 467. The molecule has 0 spiro atoms. The van der Waals surface area contributed by atoms with Crippen LogP contribution in [-0.4, -0.2) is 49.7 Å². The fraction of sp³-hybridized carbons (Fsp3) is 0.625. The minimum atomic E-state index is -0.650. The number of hydrogen-bond acceptors (Lipinski definition) is 5. The van der Waals surface area contributed by atoms with E-state index >= 15 is 0 Å². The van der Waals surface area contributed by atoms with E-state index in [1.807, 2.05) is 24.3 Å². The molecule has 2 N–H and O–H groups in total. The molecular formula is C16H23NO4. The Balaban J connectivity index is 1.52. The Labute approximate surface area is 125 Å². The lowest BCUT2D eigenvalue weighted by Crippen LogP contribution is -2.60. The van der Waals surface area contributed by atoms with Gasteiger partial charge in [-0.2, -0.15) is 0 Å². The smallest absolute Gasteiger partial charge is 0.122 e. The van der Waals surface area contributed by atoms with Gasteiger partial charge in [0, 0.05) is 24.6 Å². The van der Waals surface area contributed by atoms with Gasteiger partial charge in [0.1, 0.15) is 11.5 Å². The van der Waals surface area contributed by atoms with Crippen LogP contribution < -0.4 is 14.8 Å². The predicted molar refractivity (Wildman–Crippen MR) is 78.8 cm³/mol. The topological polar surface area (TPSA) is 60.0 Å². The van der Waals surface area contributed by atoms with Crippen LogP contribution in [0.4, 0.5) is 0 Å². The SMILES string of the molecule is COc1cccc(OCCC2(O)CC3COCC(C2)N3)c1. The normalized spacial score (nSPS) is 31.7. The summed E-state index contributed by atoms with van der Waals surface area (Å²) in [6.07, 6.45) is 2.09. The van der Waals surface area contributed by atoms with E-state index in [9.17, 15) is 5.11 Å². The van der Waals surface area contributed by atoms with Crippen LogP contribution in [0.2, 0.25) is 0 Å². The molecule has 2 fully saturated rings. The van der Waals surface area contributed by atoms with Crippen molar-refractivity contribution in [2.45, 2.75) is 36.9 Å². The zero-order valence-electron chi connectivity index (χ0n) is 12.4. The molecule has 2 atom stereocenters. The minimum absolute atomic E-state index is 0.263. The number of ether oxygens (including phenoxy) is 3. The summed E-state index contributed by atoms with van der Waals surface area (Å²) in [5, 5.41) is 14.2. The number of methoxy groups -OCH3 is 1. The molecule has 116 valence electrons. The molecule has 2 bridgehead atoms. The number of aliphatic hydroxyl groups is 1. The highest BCUT2D eigenvalue weighted by Gasteiger charge is 2.40. The number of hydrogen-bond donors (Lipinski definition) is 2. The first-order valence-corrected chi connectivity index (χ1v) is 7.50. The number of morpholine rings is 1. The van der Waals surface area contributed by atoms with E-state index in [0.29, 0.717) is 26.2 Å². The molecule has 0 radical (unpaired) electrons. The summed E-state index contributed by atoms with van der Waals surface area (Å²) in [4.78, 5) is 0.